The quantitative estimate of drug-likeness (QED) is 0.887. The Hall–Kier alpha value is -2.20. The van der Waals surface area contributed by atoms with Crippen molar-refractivity contribution in [1.82, 2.24) is 5.32 Å². The van der Waals surface area contributed by atoms with Crippen LogP contribution in [0, 0.1) is 5.82 Å². The molecule has 0 aliphatic rings. The molecule has 110 valence electrons. The fourth-order valence-electron chi connectivity index (χ4n) is 2.18. The van der Waals surface area contributed by atoms with Crippen LogP contribution in [0.4, 0.5) is 4.39 Å². The molecule has 4 heteroatoms. The van der Waals surface area contributed by atoms with Gasteiger partial charge in [0, 0.05) is 12.5 Å². The summed E-state index contributed by atoms with van der Waals surface area (Å²) in [5.74, 6) is -0.460. The molecule has 0 spiro atoms. The summed E-state index contributed by atoms with van der Waals surface area (Å²) in [5, 5.41) is 2.84. The molecule has 0 bridgehead atoms. The average molecular weight is 286 g/mol. The summed E-state index contributed by atoms with van der Waals surface area (Å²) < 4.78 is 13.2. The maximum Gasteiger partial charge on any atom is 0.222 e. The van der Waals surface area contributed by atoms with E-state index in [9.17, 15) is 9.18 Å². The Morgan fingerprint density at radius 3 is 2.48 bits per heavy atom. The minimum absolute atomic E-state index is 0.150. The Morgan fingerprint density at radius 2 is 1.81 bits per heavy atom. The van der Waals surface area contributed by atoms with Gasteiger partial charge in [0.1, 0.15) is 5.82 Å². The van der Waals surface area contributed by atoms with Gasteiger partial charge in [0.2, 0.25) is 5.91 Å². The lowest BCUT2D eigenvalue weighted by atomic mass is 10.0. The number of nitrogens with two attached hydrogens (primary N) is 1. The van der Waals surface area contributed by atoms with Crippen LogP contribution in [0.25, 0.3) is 0 Å². The van der Waals surface area contributed by atoms with Crippen LogP contribution < -0.4 is 11.1 Å². The lowest BCUT2D eigenvalue weighted by molar-refractivity contribution is -0.122. The third-order valence-corrected chi connectivity index (χ3v) is 3.36. The first-order chi connectivity index (χ1) is 10.1. The summed E-state index contributed by atoms with van der Waals surface area (Å²) >= 11 is 0. The fourth-order valence-corrected chi connectivity index (χ4v) is 2.18. The minimum Gasteiger partial charge on any atom is -0.350 e. The second kappa shape index (κ2) is 6.99. The highest BCUT2D eigenvalue weighted by Gasteiger charge is 2.14. The minimum atomic E-state index is -0.342. The molecule has 0 saturated carbocycles. The van der Waals surface area contributed by atoms with Gasteiger partial charge in [0.25, 0.3) is 0 Å². The van der Waals surface area contributed by atoms with Gasteiger partial charge >= 0.3 is 0 Å². The Morgan fingerprint density at radius 1 is 1.14 bits per heavy atom. The van der Waals surface area contributed by atoms with Gasteiger partial charge in [0.05, 0.1) is 6.04 Å². The molecule has 0 aliphatic heterocycles. The van der Waals surface area contributed by atoms with Crippen LogP contribution >= 0.6 is 0 Å². The van der Waals surface area contributed by atoms with Crippen molar-refractivity contribution in [2.75, 3.05) is 0 Å². The molecule has 0 saturated heterocycles. The number of halogens is 1. The topological polar surface area (TPSA) is 55.1 Å². The van der Waals surface area contributed by atoms with Gasteiger partial charge in [-0.1, -0.05) is 42.5 Å². The molecule has 0 aliphatic carbocycles. The van der Waals surface area contributed by atoms with E-state index in [0.717, 1.165) is 11.1 Å². The molecule has 21 heavy (non-hydrogen) atoms. The Bertz CT molecular complexity index is 601. The number of hydrogen-bond acceptors (Lipinski definition) is 2. The van der Waals surface area contributed by atoms with Gasteiger partial charge in [-0.3, -0.25) is 4.79 Å². The van der Waals surface area contributed by atoms with Crippen molar-refractivity contribution in [1.29, 1.82) is 0 Å². The maximum absolute atomic E-state index is 13.2. The van der Waals surface area contributed by atoms with Gasteiger partial charge in [-0.2, -0.15) is 0 Å². The number of benzene rings is 2. The van der Waals surface area contributed by atoms with Gasteiger partial charge in [-0.15, -0.1) is 0 Å². The van der Waals surface area contributed by atoms with Crippen molar-refractivity contribution in [2.45, 2.75) is 25.4 Å². The second-order valence-corrected chi connectivity index (χ2v) is 5.07. The smallest absolute Gasteiger partial charge is 0.222 e. The van der Waals surface area contributed by atoms with E-state index in [4.69, 9.17) is 5.73 Å². The zero-order valence-electron chi connectivity index (χ0n) is 11.9. The van der Waals surface area contributed by atoms with E-state index in [-0.39, 0.29) is 30.2 Å². The van der Waals surface area contributed by atoms with Gasteiger partial charge in [-0.05, 0) is 30.2 Å². The van der Waals surface area contributed by atoms with E-state index >= 15 is 0 Å². The molecule has 3 N–H and O–H groups in total. The maximum atomic E-state index is 13.2. The summed E-state index contributed by atoms with van der Waals surface area (Å²) in [6.45, 7) is 1.82. The predicted molar refractivity (Wildman–Crippen MR) is 80.9 cm³/mol. The summed E-state index contributed by atoms with van der Waals surface area (Å²) in [6.07, 6.45) is 0.198. The standard InChI is InChI=1S/C17H19FN2O/c1-12(14-8-5-9-15(18)10-14)20-17(21)11-16(19)13-6-3-2-4-7-13/h2-10,12,16H,11,19H2,1H3,(H,20,21). The van der Waals surface area contributed by atoms with Crippen LogP contribution in [-0.4, -0.2) is 5.91 Å². The highest BCUT2D eigenvalue weighted by Crippen LogP contribution is 2.16. The first kappa shape index (κ1) is 15.2. The summed E-state index contributed by atoms with van der Waals surface area (Å²) in [7, 11) is 0. The summed E-state index contributed by atoms with van der Waals surface area (Å²) in [5.41, 5.74) is 7.67. The first-order valence-electron chi connectivity index (χ1n) is 6.91. The zero-order valence-corrected chi connectivity index (χ0v) is 11.9. The van der Waals surface area contributed by atoms with Crippen molar-refractivity contribution in [3.05, 3.63) is 71.5 Å². The van der Waals surface area contributed by atoms with Crippen LogP contribution in [0.1, 0.15) is 36.6 Å². The van der Waals surface area contributed by atoms with Gasteiger partial charge < -0.3 is 11.1 Å². The molecule has 3 nitrogen and oxygen atoms in total. The molecule has 0 fully saturated rings. The van der Waals surface area contributed by atoms with E-state index in [1.807, 2.05) is 37.3 Å². The van der Waals surface area contributed by atoms with Crippen molar-refractivity contribution in [2.24, 2.45) is 5.73 Å². The van der Waals surface area contributed by atoms with Gasteiger partial charge in [-0.25, -0.2) is 4.39 Å². The Balaban J connectivity index is 1.92. The molecule has 2 atom stereocenters. The van der Waals surface area contributed by atoms with Crippen molar-refractivity contribution in [3.63, 3.8) is 0 Å². The molecule has 2 unspecified atom stereocenters. The van der Waals surface area contributed by atoms with Crippen LogP contribution in [-0.2, 0) is 4.79 Å². The molecule has 0 aromatic heterocycles. The van der Waals surface area contributed by atoms with E-state index in [0.29, 0.717) is 0 Å². The van der Waals surface area contributed by atoms with E-state index in [1.165, 1.54) is 12.1 Å². The Kier molecular flexibility index (Phi) is 5.06. The number of nitrogens with one attached hydrogen (secondary N) is 1. The summed E-state index contributed by atoms with van der Waals surface area (Å²) in [6, 6.07) is 15.1. The lowest BCUT2D eigenvalue weighted by Gasteiger charge is -2.17. The highest BCUT2D eigenvalue weighted by atomic mass is 19.1. The number of amides is 1. The monoisotopic (exact) mass is 286 g/mol. The number of carbonyl (C=O) groups excluding carboxylic acids is 1. The van der Waals surface area contributed by atoms with Crippen molar-refractivity contribution < 1.29 is 9.18 Å². The highest BCUT2D eigenvalue weighted by molar-refractivity contribution is 5.77. The predicted octanol–water partition coefficient (Wildman–Crippen LogP) is 3.09. The van der Waals surface area contributed by atoms with E-state index in [1.54, 1.807) is 12.1 Å². The third kappa shape index (κ3) is 4.39. The number of carbonyl (C=O) groups is 1. The molecular weight excluding hydrogens is 267 g/mol. The molecule has 0 heterocycles. The molecule has 1 amide bonds. The van der Waals surface area contributed by atoms with Crippen LogP contribution in [0.5, 0.6) is 0 Å². The number of rotatable bonds is 5. The van der Waals surface area contributed by atoms with Gasteiger partial charge in [0.15, 0.2) is 0 Å². The lowest BCUT2D eigenvalue weighted by Crippen LogP contribution is -2.29. The second-order valence-electron chi connectivity index (χ2n) is 5.07. The fraction of sp³-hybridized carbons (Fsp3) is 0.235. The first-order valence-corrected chi connectivity index (χ1v) is 6.91. The molecule has 2 aromatic carbocycles. The molecule has 0 radical (unpaired) electrons. The van der Waals surface area contributed by atoms with Crippen molar-refractivity contribution >= 4 is 5.91 Å². The molecule has 2 aromatic rings. The van der Waals surface area contributed by atoms with Crippen LogP contribution in [0.3, 0.4) is 0 Å². The molecular formula is C17H19FN2O. The average Bonchev–Trinajstić information content (AvgIpc) is 2.48. The van der Waals surface area contributed by atoms with E-state index in [2.05, 4.69) is 5.32 Å². The van der Waals surface area contributed by atoms with Crippen molar-refractivity contribution in [3.8, 4) is 0 Å². The largest absolute Gasteiger partial charge is 0.350 e. The van der Waals surface area contributed by atoms with Crippen LogP contribution in [0.15, 0.2) is 54.6 Å². The SMILES string of the molecule is CC(NC(=O)CC(N)c1ccccc1)c1cccc(F)c1. The third-order valence-electron chi connectivity index (χ3n) is 3.36. The Labute approximate surface area is 124 Å². The normalized spacial score (nSPS) is 13.5. The zero-order chi connectivity index (χ0) is 15.2. The molecule has 2 rings (SSSR count). The van der Waals surface area contributed by atoms with E-state index < -0.39 is 0 Å². The van der Waals surface area contributed by atoms with Crippen LogP contribution in [0.2, 0.25) is 0 Å². The number of hydrogen-bond donors (Lipinski definition) is 2. The summed E-state index contributed by atoms with van der Waals surface area (Å²) in [4.78, 5) is 12.0.